The van der Waals surface area contributed by atoms with Crippen LogP contribution in [0.2, 0.25) is 0 Å². The van der Waals surface area contributed by atoms with Gasteiger partial charge in [-0.15, -0.1) is 0 Å². The Labute approximate surface area is 151 Å². The number of aliphatic hydroxyl groups excluding tert-OH is 2. The summed E-state index contributed by atoms with van der Waals surface area (Å²) in [7, 11) is 0. The van der Waals surface area contributed by atoms with Crippen molar-refractivity contribution in [3.05, 3.63) is 41.5 Å². The first-order valence-electron chi connectivity index (χ1n) is 8.29. The van der Waals surface area contributed by atoms with E-state index in [2.05, 4.69) is 0 Å². The SMILES string of the molecule is C[C@@H]1/C=C\C(=O)[C@@H](O)[C@@H](O)C/C=C/c2cc(N)cc(O)c2C(=O)O[C@H]1C. The number of anilines is 1. The number of hydrogen-bond donors (Lipinski definition) is 4. The Morgan fingerprint density at radius 1 is 1.15 bits per heavy atom. The highest BCUT2D eigenvalue weighted by atomic mass is 16.5. The quantitative estimate of drug-likeness (QED) is 0.406. The third kappa shape index (κ3) is 4.50. The normalized spacial score (nSPS) is 30.0. The van der Waals surface area contributed by atoms with E-state index in [-0.39, 0.29) is 29.3 Å². The van der Waals surface area contributed by atoms with E-state index >= 15 is 0 Å². The molecule has 26 heavy (non-hydrogen) atoms. The molecule has 0 amide bonds. The van der Waals surface area contributed by atoms with Gasteiger partial charge in [0.2, 0.25) is 0 Å². The number of carbonyl (C=O) groups is 2. The van der Waals surface area contributed by atoms with Gasteiger partial charge in [-0.1, -0.05) is 25.2 Å². The lowest BCUT2D eigenvalue weighted by Crippen LogP contribution is -2.32. The van der Waals surface area contributed by atoms with Crippen LogP contribution in [-0.4, -0.2) is 45.4 Å². The topological polar surface area (TPSA) is 130 Å². The van der Waals surface area contributed by atoms with Gasteiger partial charge in [0.05, 0.1) is 6.10 Å². The minimum Gasteiger partial charge on any atom is -0.507 e. The van der Waals surface area contributed by atoms with Crippen molar-refractivity contribution in [1.29, 1.82) is 0 Å². The summed E-state index contributed by atoms with van der Waals surface area (Å²) >= 11 is 0. The molecule has 0 saturated heterocycles. The predicted octanol–water partition coefficient (Wildman–Crippen LogP) is 1.42. The summed E-state index contributed by atoms with van der Waals surface area (Å²) in [6, 6.07) is 2.74. The fourth-order valence-electron chi connectivity index (χ4n) is 2.51. The predicted molar refractivity (Wildman–Crippen MR) is 96.4 cm³/mol. The molecule has 7 nitrogen and oxygen atoms in total. The standard InChI is InChI=1S/C19H23NO6/c1-10-6-7-15(22)18(24)14(21)5-3-4-12-8-13(20)9-16(23)17(12)19(25)26-11(10)2/h3-4,6-11,14,18,21,23-24H,5,20H2,1-2H3/b4-3+,7-6-/t10-,11+,14+,18+/m1/s1. The summed E-state index contributed by atoms with van der Waals surface area (Å²) in [5.74, 6) is -1.99. The molecule has 1 aliphatic heterocycles. The molecule has 140 valence electrons. The smallest absolute Gasteiger partial charge is 0.342 e. The molecular formula is C19H23NO6. The molecule has 0 radical (unpaired) electrons. The van der Waals surface area contributed by atoms with Crippen LogP contribution < -0.4 is 5.73 Å². The fraction of sp³-hybridized carbons (Fsp3) is 0.368. The van der Waals surface area contributed by atoms with E-state index in [1.807, 2.05) is 0 Å². The Morgan fingerprint density at radius 2 is 1.85 bits per heavy atom. The number of phenolic OH excluding ortho intramolecular Hbond substituents is 1. The summed E-state index contributed by atoms with van der Waals surface area (Å²) in [4.78, 5) is 24.4. The lowest BCUT2D eigenvalue weighted by molar-refractivity contribution is -0.127. The Bertz CT molecular complexity index is 755. The van der Waals surface area contributed by atoms with Crippen LogP contribution in [-0.2, 0) is 9.53 Å². The number of ether oxygens (including phenoxy) is 1. The van der Waals surface area contributed by atoms with Crippen molar-refractivity contribution in [2.75, 3.05) is 5.73 Å². The average molecular weight is 361 g/mol. The van der Waals surface area contributed by atoms with E-state index in [1.54, 1.807) is 13.8 Å². The largest absolute Gasteiger partial charge is 0.507 e. The molecule has 1 aliphatic rings. The van der Waals surface area contributed by atoms with Crippen LogP contribution in [0.4, 0.5) is 5.69 Å². The molecule has 1 heterocycles. The van der Waals surface area contributed by atoms with E-state index < -0.39 is 30.1 Å². The van der Waals surface area contributed by atoms with Gasteiger partial charge in [0, 0.05) is 17.7 Å². The number of carbonyl (C=O) groups excluding carboxylic acids is 2. The van der Waals surface area contributed by atoms with Crippen LogP contribution in [0.15, 0.2) is 30.4 Å². The first-order chi connectivity index (χ1) is 12.2. The number of rotatable bonds is 0. The molecule has 4 atom stereocenters. The average Bonchev–Trinajstić information content (AvgIpc) is 2.56. The molecule has 0 aromatic heterocycles. The van der Waals surface area contributed by atoms with Gasteiger partial charge in [0.25, 0.3) is 0 Å². The Balaban J connectivity index is 2.48. The van der Waals surface area contributed by atoms with Crippen LogP contribution >= 0.6 is 0 Å². The monoisotopic (exact) mass is 361 g/mol. The zero-order valence-corrected chi connectivity index (χ0v) is 14.6. The Kier molecular flexibility index (Phi) is 6.18. The van der Waals surface area contributed by atoms with Gasteiger partial charge in [0.1, 0.15) is 23.5 Å². The number of cyclic esters (lactones) is 1. The lowest BCUT2D eigenvalue weighted by Gasteiger charge is -2.20. The first kappa shape index (κ1) is 19.7. The van der Waals surface area contributed by atoms with Crippen molar-refractivity contribution in [3.8, 4) is 5.75 Å². The van der Waals surface area contributed by atoms with Crippen molar-refractivity contribution in [3.63, 3.8) is 0 Å². The molecule has 0 aliphatic carbocycles. The maximum atomic E-state index is 12.5. The highest BCUT2D eigenvalue weighted by molar-refractivity contribution is 5.97. The van der Waals surface area contributed by atoms with E-state index in [0.29, 0.717) is 5.56 Å². The third-order valence-corrected chi connectivity index (χ3v) is 4.30. The number of aliphatic hydroxyl groups is 2. The van der Waals surface area contributed by atoms with Gasteiger partial charge < -0.3 is 25.8 Å². The minimum absolute atomic E-state index is 0.0310. The number of nitrogens with two attached hydrogens (primary N) is 1. The second kappa shape index (κ2) is 8.16. The fourth-order valence-corrected chi connectivity index (χ4v) is 2.51. The Morgan fingerprint density at radius 3 is 2.54 bits per heavy atom. The van der Waals surface area contributed by atoms with E-state index in [0.717, 1.165) is 0 Å². The van der Waals surface area contributed by atoms with Crippen LogP contribution in [0.25, 0.3) is 6.08 Å². The maximum Gasteiger partial charge on any atom is 0.342 e. The summed E-state index contributed by atoms with van der Waals surface area (Å²) in [6.45, 7) is 3.39. The zero-order valence-electron chi connectivity index (χ0n) is 14.6. The van der Waals surface area contributed by atoms with Gasteiger partial charge in [-0.25, -0.2) is 4.79 Å². The molecule has 0 bridgehead atoms. The number of fused-ring (bicyclic) bond motifs is 1. The lowest BCUT2D eigenvalue weighted by atomic mass is 9.99. The van der Waals surface area contributed by atoms with E-state index in [9.17, 15) is 24.9 Å². The molecule has 2 rings (SSSR count). The molecule has 1 aromatic rings. The maximum absolute atomic E-state index is 12.5. The molecule has 0 spiro atoms. The minimum atomic E-state index is -1.56. The van der Waals surface area contributed by atoms with Crippen LogP contribution in [0.1, 0.15) is 36.2 Å². The van der Waals surface area contributed by atoms with Gasteiger partial charge >= 0.3 is 5.97 Å². The van der Waals surface area contributed by atoms with Gasteiger partial charge in [-0.2, -0.15) is 0 Å². The summed E-state index contributed by atoms with van der Waals surface area (Å²) in [6.07, 6.45) is 2.14. The van der Waals surface area contributed by atoms with Crippen LogP contribution in [0.5, 0.6) is 5.75 Å². The summed E-state index contributed by atoms with van der Waals surface area (Å²) in [5.41, 5.74) is 6.24. The number of benzene rings is 1. The highest BCUT2D eigenvalue weighted by Crippen LogP contribution is 2.28. The molecule has 7 heteroatoms. The van der Waals surface area contributed by atoms with Crippen molar-refractivity contribution >= 4 is 23.5 Å². The Hall–Kier alpha value is -2.64. The zero-order chi connectivity index (χ0) is 19.4. The van der Waals surface area contributed by atoms with Gasteiger partial charge in [0.15, 0.2) is 5.78 Å². The second-order valence-corrected chi connectivity index (χ2v) is 6.39. The molecule has 0 fully saturated rings. The number of ketones is 1. The third-order valence-electron chi connectivity index (χ3n) is 4.30. The molecule has 5 N–H and O–H groups in total. The van der Waals surface area contributed by atoms with E-state index in [1.165, 1.54) is 36.4 Å². The number of phenols is 1. The summed E-state index contributed by atoms with van der Waals surface area (Å²) in [5, 5.41) is 30.0. The van der Waals surface area contributed by atoms with Crippen LogP contribution in [0.3, 0.4) is 0 Å². The van der Waals surface area contributed by atoms with Gasteiger partial charge in [-0.05, 0) is 31.1 Å². The van der Waals surface area contributed by atoms with E-state index in [4.69, 9.17) is 10.5 Å². The van der Waals surface area contributed by atoms with Crippen LogP contribution in [0, 0.1) is 5.92 Å². The molecule has 0 unspecified atom stereocenters. The van der Waals surface area contributed by atoms with Crippen molar-refractivity contribution in [2.45, 2.75) is 38.6 Å². The molecular weight excluding hydrogens is 338 g/mol. The number of hydrogen-bond acceptors (Lipinski definition) is 7. The second-order valence-electron chi connectivity index (χ2n) is 6.39. The summed E-state index contributed by atoms with van der Waals surface area (Å²) < 4.78 is 5.39. The van der Waals surface area contributed by atoms with Crippen molar-refractivity contribution in [2.24, 2.45) is 5.92 Å². The number of nitrogen functional groups attached to an aromatic ring is 1. The van der Waals surface area contributed by atoms with Crippen molar-refractivity contribution in [1.82, 2.24) is 0 Å². The number of esters is 1. The number of aromatic hydroxyl groups is 1. The van der Waals surface area contributed by atoms with Crippen molar-refractivity contribution < 1.29 is 29.6 Å². The molecule has 0 saturated carbocycles. The molecule has 1 aromatic carbocycles. The van der Waals surface area contributed by atoms with Gasteiger partial charge in [-0.3, -0.25) is 4.79 Å². The first-order valence-corrected chi connectivity index (χ1v) is 8.29. The highest BCUT2D eigenvalue weighted by Gasteiger charge is 2.25.